The minimum Gasteiger partial charge on any atom is -0.440 e. The lowest BCUT2D eigenvalue weighted by Crippen LogP contribution is -2.34. The Bertz CT molecular complexity index is 578. The molecule has 0 saturated heterocycles. The molecule has 0 bridgehead atoms. The largest absolute Gasteiger partial charge is 0.440 e. The molecule has 1 amide bonds. The van der Waals surface area contributed by atoms with Crippen molar-refractivity contribution in [1.82, 2.24) is 10.3 Å². The molecule has 5 nitrogen and oxygen atoms in total. The Morgan fingerprint density at radius 2 is 2.38 bits per heavy atom. The summed E-state index contributed by atoms with van der Waals surface area (Å²) < 4.78 is 5.62. The van der Waals surface area contributed by atoms with Crippen LogP contribution < -0.4 is 5.32 Å². The van der Waals surface area contributed by atoms with Crippen LogP contribution in [0.1, 0.15) is 31.2 Å². The molecule has 2 aromatic heterocycles. The zero-order valence-corrected chi connectivity index (χ0v) is 13.1. The average Bonchev–Trinajstić information content (AvgIpc) is 3.07. The van der Waals surface area contributed by atoms with Crippen molar-refractivity contribution in [2.75, 3.05) is 6.61 Å². The molecule has 0 aliphatic heterocycles. The summed E-state index contributed by atoms with van der Waals surface area (Å²) in [6.07, 6.45) is 1.66. The molecule has 21 heavy (non-hydrogen) atoms. The minimum atomic E-state index is -0.0745. The topological polar surface area (TPSA) is 75.4 Å². The van der Waals surface area contributed by atoms with E-state index in [-0.39, 0.29) is 25.0 Å². The third-order valence-corrected chi connectivity index (χ3v) is 4.01. The molecule has 0 spiro atoms. The van der Waals surface area contributed by atoms with Crippen molar-refractivity contribution < 1.29 is 14.3 Å². The van der Waals surface area contributed by atoms with Gasteiger partial charge in [0.05, 0.1) is 17.0 Å². The van der Waals surface area contributed by atoms with E-state index in [4.69, 9.17) is 9.52 Å². The van der Waals surface area contributed by atoms with E-state index in [1.54, 1.807) is 11.3 Å². The third-order valence-electron chi connectivity index (χ3n) is 3.16. The van der Waals surface area contributed by atoms with Gasteiger partial charge in [-0.25, -0.2) is 4.98 Å². The monoisotopic (exact) mass is 308 g/mol. The molecule has 0 fully saturated rings. The van der Waals surface area contributed by atoms with Gasteiger partial charge in [-0.05, 0) is 38.1 Å². The highest BCUT2D eigenvalue weighted by Crippen LogP contribution is 2.26. The smallest absolute Gasteiger partial charge is 0.236 e. The summed E-state index contributed by atoms with van der Waals surface area (Å²) in [6, 6.07) is 3.93. The zero-order valence-electron chi connectivity index (χ0n) is 12.3. The molecular formula is C15H20N2O3S. The number of aliphatic hydroxyl groups is 1. The van der Waals surface area contributed by atoms with Crippen molar-refractivity contribution in [3.05, 3.63) is 29.0 Å². The van der Waals surface area contributed by atoms with Crippen LogP contribution in [0, 0.1) is 6.92 Å². The van der Waals surface area contributed by atoms with Crippen LogP contribution >= 0.6 is 11.3 Å². The molecule has 2 aromatic rings. The number of aryl methyl sites for hydroxylation is 1. The average molecular weight is 308 g/mol. The molecule has 6 heteroatoms. The highest BCUT2D eigenvalue weighted by Gasteiger charge is 2.16. The fourth-order valence-electron chi connectivity index (χ4n) is 2.05. The Morgan fingerprint density at radius 1 is 1.57 bits per heavy atom. The number of hydrogen-bond acceptors (Lipinski definition) is 5. The van der Waals surface area contributed by atoms with E-state index in [0.29, 0.717) is 23.8 Å². The van der Waals surface area contributed by atoms with Crippen LogP contribution in [0.3, 0.4) is 0 Å². The summed E-state index contributed by atoms with van der Waals surface area (Å²) in [5, 5.41) is 13.6. The predicted octanol–water partition coefficient (Wildman–Crippen LogP) is 2.53. The third kappa shape index (κ3) is 4.41. The lowest BCUT2D eigenvalue weighted by molar-refractivity contribution is -0.121. The van der Waals surface area contributed by atoms with Gasteiger partial charge in [-0.1, -0.05) is 6.07 Å². The minimum absolute atomic E-state index is 0.0497. The number of rotatable bonds is 7. The fraction of sp³-hybridized carbons (Fsp3) is 0.467. The van der Waals surface area contributed by atoms with Gasteiger partial charge in [0.25, 0.3) is 0 Å². The number of oxazole rings is 1. The number of nitrogens with zero attached hydrogens (tertiary/aromatic N) is 1. The van der Waals surface area contributed by atoms with Crippen LogP contribution in [0.4, 0.5) is 0 Å². The Balaban J connectivity index is 1.95. The summed E-state index contributed by atoms with van der Waals surface area (Å²) in [5.74, 6) is 1.17. The first-order chi connectivity index (χ1) is 10.1. The maximum atomic E-state index is 12.0. The Morgan fingerprint density at radius 3 is 3.05 bits per heavy atom. The van der Waals surface area contributed by atoms with Crippen LogP contribution in [0.5, 0.6) is 0 Å². The Hall–Kier alpha value is -1.66. The Kier molecular flexibility index (Phi) is 5.52. The number of amides is 1. The maximum absolute atomic E-state index is 12.0. The van der Waals surface area contributed by atoms with Crippen molar-refractivity contribution in [3.63, 3.8) is 0 Å². The molecule has 114 valence electrons. The molecule has 2 heterocycles. The van der Waals surface area contributed by atoms with E-state index in [2.05, 4.69) is 10.3 Å². The molecular weight excluding hydrogens is 288 g/mol. The van der Waals surface area contributed by atoms with Crippen LogP contribution in [-0.2, 0) is 11.2 Å². The number of carbonyl (C=O) groups excluding carboxylic acids is 1. The van der Waals surface area contributed by atoms with Gasteiger partial charge in [0.15, 0.2) is 0 Å². The number of aromatic nitrogens is 1. The summed E-state index contributed by atoms with van der Waals surface area (Å²) >= 11 is 1.56. The Labute approximate surface area is 128 Å². The van der Waals surface area contributed by atoms with Gasteiger partial charge in [0.2, 0.25) is 11.8 Å². The fourth-order valence-corrected chi connectivity index (χ4v) is 2.69. The predicted molar refractivity (Wildman–Crippen MR) is 82.2 cm³/mol. The number of aliphatic hydroxyl groups excluding tert-OH is 1. The van der Waals surface area contributed by atoms with Gasteiger partial charge in [-0.15, -0.1) is 11.3 Å². The summed E-state index contributed by atoms with van der Waals surface area (Å²) in [4.78, 5) is 17.3. The van der Waals surface area contributed by atoms with Crippen molar-refractivity contribution in [3.8, 4) is 10.8 Å². The molecule has 0 aromatic carbocycles. The van der Waals surface area contributed by atoms with Crippen LogP contribution in [0.15, 0.2) is 21.9 Å². The van der Waals surface area contributed by atoms with Gasteiger partial charge in [0, 0.05) is 12.6 Å². The molecule has 0 saturated carbocycles. The first-order valence-corrected chi connectivity index (χ1v) is 7.88. The standard InChI is InChI=1S/C15H20N2O3S/c1-10(5-3-7-18)16-14(19)9-12-11(2)20-15(17-12)13-6-4-8-21-13/h4,6,8,10,18H,3,5,7,9H2,1-2H3,(H,16,19). The zero-order chi connectivity index (χ0) is 15.2. The first kappa shape index (κ1) is 15.7. The van der Waals surface area contributed by atoms with E-state index >= 15 is 0 Å². The maximum Gasteiger partial charge on any atom is 0.236 e. The molecule has 1 unspecified atom stereocenters. The van der Waals surface area contributed by atoms with E-state index in [1.165, 1.54) is 0 Å². The van der Waals surface area contributed by atoms with E-state index in [1.807, 2.05) is 31.4 Å². The molecule has 2 N–H and O–H groups in total. The molecule has 1 atom stereocenters. The van der Waals surface area contributed by atoms with Gasteiger partial charge >= 0.3 is 0 Å². The van der Waals surface area contributed by atoms with E-state index in [9.17, 15) is 4.79 Å². The number of nitrogens with one attached hydrogen (secondary N) is 1. The van der Waals surface area contributed by atoms with Gasteiger partial charge in [-0.2, -0.15) is 0 Å². The summed E-state index contributed by atoms with van der Waals surface area (Å²) in [6.45, 7) is 3.90. The number of hydrogen-bond donors (Lipinski definition) is 2. The lowest BCUT2D eigenvalue weighted by atomic mass is 10.1. The molecule has 2 rings (SSSR count). The van der Waals surface area contributed by atoms with Gasteiger partial charge < -0.3 is 14.8 Å². The van der Waals surface area contributed by atoms with Gasteiger partial charge in [-0.3, -0.25) is 4.79 Å². The second-order valence-electron chi connectivity index (χ2n) is 5.01. The molecule has 0 aliphatic carbocycles. The summed E-state index contributed by atoms with van der Waals surface area (Å²) in [5.41, 5.74) is 0.672. The number of thiophene rings is 1. The van der Waals surface area contributed by atoms with Crippen LogP contribution in [-0.4, -0.2) is 28.6 Å². The van der Waals surface area contributed by atoms with Crippen molar-refractivity contribution in [2.45, 2.75) is 39.2 Å². The molecule has 0 aliphatic rings. The summed E-state index contributed by atoms with van der Waals surface area (Å²) in [7, 11) is 0. The van der Waals surface area contributed by atoms with Crippen molar-refractivity contribution >= 4 is 17.2 Å². The second-order valence-corrected chi connectivity index (χ2v) is 5.96. The van der Waals surface area contributed by atoms with Crippen LogP contribution in [0.2, 0.25) is 0 Å². The van der Waals surface area contributed by atoms with Crippen LogP contribution in [0.25, 0.3) is 10.8 Å². The van der Waals surface area contributed by atoms with E-state index < -0.39 is 0 Å². The van der Waals surface area contributed by atoms with Crippen molar-refractivity contribution in [1.29, 1.82) is 0 Å². The highest BCUT2D eigenvalue weighted by atomic mass is 32.1. The lowest BCUT2D eigenvalue weighted by Gasteiger charge is -2.12. The quantitative estimate of drug-likeness (QED) is 0.824. The SMILES string of the molecule is Cc1oc(-c2cccs2)nc1CC(=O)NC(C)CCCO. The normalized spacial score (nSPS) is 12.3. The van der Waals surface area contributed by atoms with E-state index in [0.717, 1.165) is 11.3 Å². The highest BCUT2D eigenvalue weighted by molar-refractivity contribution is 7.13. The van der Waals surface area contributed by atoms with Crippen molar-refractivity contribution in [2.24, 2.45) is 0 Å². The second kappa shape index (κ2) is 7.38. The molecule has 0 radical (unpaired) electrons. The first-order valence-electron chi connectivity index (χ1n) is 7.00. The number of carbonyl (C=O) groups is 1. The van der Waals surface area contributed by atoms with Gasteiger partial charge in [0.1, 0.15) is 5.76 Å².